The lowest BCUT2D eigenvalue weighted by Crippen LogP contribution is -2.17. The highest BCUT2D eigenvalue weighted by molar-refractivity contribution is 6.83. The lowest BCUT2D eigenvalue weighted by molar-refractivity contribution is 0.174. The highest BCUT2D eigenvalue weighted by Crippen LogP contribution is 2.36. The molecule has 0 unspecified atom stereocenters. The summed E-state index contributed by atoms with van der Waals surface area (Å²) in [5.74, 6) is 6.12. The number of hydrogen-bond acceptors (Lipinski definition) is 2. The van der Waals surface area contributed by atoms with Crippen LogP contribution in [0.25, 0.3) is 0 Å². The van der Waals surface area contributed by atoms with E-state index in [0.29, 0.717) is 12.7 Å². The Kier molecular flexibility index (Phi) is 4.44. The minimum Gasteiger partial charge on any atom is -0.454 e. The molecule has 0 saturated heterocycles. The monoisotopic (exact) mass is 288 g/mol. The molecule has 0 N–H and O–H groups in total. The first-order valence-electron chi connectivity index (χ1n) is 7.27. The van der Waals surface area contributed by atoms with Gasteiger partial charge in [0.25, 0.3) is 0 Å². The van der Waals surface area contributed by atoms with Crippen LogP contribution < -0.4 is 9.47 Å². The maximum atomic E-state index is 5.48. The normalized spacial score (nSPS) is 14.9. The Morgan fingerprint density at radius 2 is 1.85 bits per heavy atom. The lowest BCUT2D eigenvalue weighted by Gasteiger charge is -2.15. The predicted molar refractivity (Wildman–Crippen MR) is 85.9 cm³/mol. The Balaban J connectivity index is 2.28. The molecule has 2 rings (SSSR count). The van der Waals surface area contributed by atoms with Crippen molar-refractivity contribution in [3.63, 3.8) is 0 Å². The Bertz CT molecular complexity index is 532. The number of benzene rings is 1. The van der Waals surface area contributed by atoms with E-state index in [1.54, 1.807) is 0 Å². The second-order valence-corrected chi connectivity index (χ2v) is 11.6. The first kappa shape index (κ1) is 15.0. The molecule has 1 aliphatic rings. The molecule has 0 aromatic heterocycles. The molecule has 0 spiro atoms. The Hall–Kier alpha value is -1.40. The second-order valence-electron chi connectivity index (χ2n) is 6.81. The molecule has 20 heavy (non-hydrogen) atoms. The third-order valence-electron chi connectivity index (χ3n) is 3.13. The van der Waals surface area contributed by atoms with Crippen molar-refractivity contribution in [3.05, 3.63) is 23.8 Å². The van der Waals surface area contributed by atoms with E-state index in [1.807, 2.05) is 6.07 Å². The molecule has 1 aliphatic heterocycles. The number of fused-ring (bicyclic) bond motifs is 1. The van der Waals surface area contributed by atoms with Gasteiger partial charge in [0.1, 0.15) is 8.07 Å². The lowest BCUT2D eigenvalue weighted by atomic mass is 9.91. The van der Waals surface area contributed by atoms with Crippen LogP contribution in [0.5, 0.6) is 11.5 Å². The zero-order valence-corrected chi connectivity index (χ0v) is 14.1. The highest BCUT2D eigenvalue weighted by atomic mass is 28.3. The summed E-state index contributed by atoms with van der Waals surface area (Å²) in [6.45, 7) is 11.7. The largest absolute Gasteiger partial charge is 0.454 e. The summed E-state index contributed by atoms with van der Waals surface area (Å²) < 4.78 is 10.9. The van der Waals surface area contributed by atoms with Gasteiger partial charge in [0.2, 0.25) is 6.79 Å². The van der Waals surface area contributed by atoms with Gasteiger partial charge in [0.05, 0.1) is 0 Å². The zero-order valence-electron chi connectivity index (χ0n) is 13.1. The van der Waals surface area contributed by atoms with Crippen molar-refractivity contribution in [2.75, 3.05) is 6.79 Å². The fraction of sp³-hybridized carbons (Fsp3) is 0.529. The zero-order chi connectivity index (χ0) is 14.8. The molecule has 0 radical (unpaired) electrons. The molecular formula is C17H24O2Si. The highest BCUT2D eigenvalue weighted by Gasteiger charge is 2.18. The van der Waals surface area contributed by atoms with Crippen molar-refractivity contribution in [1.29, 1.82) is 0 Å². The number of ether oxygens (including phenoxy) is 2. The third kappa shape index (κ3) is 4.04. The predicted octanol–water partition coefficient (Wildman–Crippen LogP) is 4.43. The molecule has 0 aliphatic carbocycles. The van der Waals surface area contributed by atoms with Gasteiger partial charge in [-0.15, -0.1) is 11.5 Å². The summed E-state index contributed by atoms with van der Waals surface area (Å²) >= 11 is 0. The van der Waals surface area contributed by atoms with Crippen LogP contribution in [0, 0.1) is 17.4 Å². The van der Waals surface area contributed by atoms with Crippen LogP contribution in [-0.4, -0.2) is 14.9 Å². The van der Waals surface area contributed by atoms with Gasteiger partial charge < -0.3 is 9.47 Å². The van der Waals surface area contributed by atoms with E-state index < -0.39 is 8.07 Å². The third-order valence-corrected chi connectivity index (χ3v) is 4.02. The van der Waals surface area contributed by atoms with Crippen molar-refractivity contribution >= 4 is 8.07 Å². The van der Waals surface area contributed by atoms with E-state index in [9.17, 15) is 0 Å². The van der Waals surface area contributed by atoms with Gasteiger partial charge in [-0.1, -0.05) is 39.6 Å². The van der Waals surface area contributed by atoms with E-state index in [-0.39, 0.29) is 5.92 Å². The van der Waals surface area contributed by atoms with Crippen LogP contribution in [0.15, 0.2) is 18.2 Å². The van der Waals surface area contributed by atoms with Gasteiger partial charge >= 0.3 is 0 Å². The van der Waals surface area contributed by atoms with E-state index in [4.69, 9.17) is 9.47 Å². The first-order valence-corrected chi connectivity index (χ1v) is 10.8. The molecule has 1 aromatic carbocycles. The van der Waals surface area contributed by atoms with Gasteiger partial charge in [-0.05, 0) is 30.0 Å². The summed E-state index contributed by atoms with van der Waals surface area (Å²) in [6.07, 6.45) is 1.08. The van der Waals surface area contributed by atoms with Crippen LogP contribution in [0.1, 0.15) is 31.7 Å². The van der Waals surface area contributed by atoms with Crippen molar-refractivity contribution in [1.82, 2.24) is 0 Å². The summed E-state index contributed by atoms with van der Waals surface area (Å²) in [4.78, 5) is 0. The quantitative estimate of drug-likeness (QED) is 0.605. The fourth-order valence-corrected chi connectivity index (χ4v) is 2.79. The van der Waals surface area contributed by atoms with Crippen molar-refractivity contribution in [2.45, 2.75) is 45.8 Å². The molecule has 0 amide bonds. The summed E-state index contributed by atoms with van der Waals surface area (Å²) in [7, 11) is -1.34. The average Bonchev–Trinajstić information content (AvgIpc) is 2.80. The minimum absolute atomic E-state index is 0.288. The number of rotatable bonds is 3. The van der Waals surface area contributed by atoms with Gasteiger partial charge in [-0.2, -0.15) is 0 Å². The van der Waals surface area contributed by atoms with Gasteiger partial charge in [-0.25, -0.2) is 0 Å². The van der Waals surface area contributed by atoms with Crippen LogP contribution in [0.2, 0.25) is 19.6 Å². The smallest absolute Gasteiger partial charge is 0.231 e. The maximum absolute atomic E-state index is 5.48. The van der Waals surface area contributed by atoms with Crippen molar-refractivity contribution in [2.24, 2.45) is 5.92 Å². The molecule has 0 bridgehead atoms. The Labute approximate surface area is 123 Å². The molecule has 2 nitrogen and oxygen atoms in total. The average molecular weight is 288 g/mol. The summed E-state index contributed by atoms with van der Waals surface area (Å²) in [5.41, 5.74) is 4.75. The van der Waals surface area contributed by atoms with Crippen LogP contribution in [0.3, 0.4) is 0 Å². The van der Waals surface area contributed by atoms with Gasteiger partial charge in [-0.3, -0.25) is 0 Å². The molecule has 3 heteroatoms. The fourth-order valence-electron chi connectivity index (χ4n) is 2.18. The van der Waals surface area contributed by atoms with E-state index >= 15 is 0 Å². The molecular weight excluding hydrogens is 264 g/mol. The first-order chi connectivity index (χ1) is 9.35. The van der Waals surface area contributed by atoms with E-state index in [2.05, 4.69) is 57.1 Å². The second kappa shape index (κ2) is 5.93. The van der Waals surface area contributed by atoms with Gasteiger partial charge in [0, 0.05) is 5.92 Å². The Morgan fingerprint density at radius 1 is 1.15 bits per heavy atom. The minimum atomic E-state index is -1.34. The molecule has 0 fully saturated rings. The maximum Gasteiger partial charge on any atom is 0.231 e. The molecule has 1 heterocycles. The SMILES string of the molecule is CC(C)C[C@@H](C#C[Si](C)(C)C)c1ccc2c(c1)OCO2. The molecule has 1 aromatic rings. The van der Waals surface area contributed by atoms with Crippen molar-refractivity contribution in [3.8, 4) is 23.0 Å². The van der Waals surface area contributed by atoms with E-state index in [0.717, 1.165) is 17.9 Å². The van der Waals surface area contributed by atoms with Crippen LogP contribution in [-0.2, 0) is 0 Å². The standard InChI is InChI=1S/C17H24O2Si/c1-13(2)10-15(8-9-20(3,4)5)14-6-7-16-17(11-14)19-12-18-16/h6-7,11,13,15H,10,12H2,1-5H3/t15-/m1/s1. The Morgan fingerprint density at radius 3 is 2.50 bits per heavy atom. The summed E-state index contributed by atoms with van der Waals surface area (Å²) in [6, 6.07) is 6.22. The van der Waals surface area contributed by atoms with Crippen LogP contribution in [0.4, 0.5) is 0 Å². The van der Waals surface area contributed by atoms with E-state index in [1.165, 1.54) is 5.56 Å². The topological polar surface area (TPSA) is 18.5 Å². The molecule has 0 saturated carbocycles. The molecule has 108 valence electrons. The summed E-state index contributed by atoms with van der Waals surface area (Å²) in [5, 5.41) is 0. The molecule has 1 atom stereocenters. The van der Waals surface area contributed by atoms with Gasteiger partial charge in [0.15, 0.2) is 11.5 Å². The number of hydrogen-bond donors (Lipinski definition) is 0. The van der Waals surface area contributed by atoms with Crippen LogP contribution >= 0.6 is 0 Å². The van der Waals surface area contributed by atoms with Crippen molar-refractivity contribution < 1.29 is 9.47 Å².